The summed E-state index contributed by atoms with van der Waals surface area (Å²) in [4.78, 5) is 37.8. The molecule has 6 heterocycles. The van der Waals surface area contributed by atoms with Crippen LogP contribution in [0.1, 0.15) is 0 Å². The molecule has 368 valence electrons. The summed E-state index contributed by atoms with van der Waals surface area (Å²) in [5.74, 6) is 2.08. The van der Waals surface area contributed by atoms with E-state index < -0.39 is 7.14 Å². The zero-order valence-corrected chi connectivity index (χ0v) is 42.5. The lowest BCUT2D eigenvalue weighted by Crippen LogP contribution is -2.31. The monoisotopic (exact) mass is 1010 g/mol. The summed E-state index contributed by atoms with van der Waals surface area (Å²) in [6.45, 7) is 0. The molecule has 6 aromatic carbocycles. The molecule has 0 atom stereocenters. The number of hydrogen-bond donors (Lipinski definition) is 0. The molecule has 0 aliphatic rings. The van der Waals surface area contributed by atoms with Crippen molar-refractivity contribution in [3.63, 3.8) is 0 Å². The maximum absolute atomic E-state index is 16.9. The Kier molecular flexibility index (Phi) is 13.5. The van der Waals surface area contributed by atoms with E-state index >= 15 is 4.57 Å². The molecule has 10 nitrogen and oxygen atoms in total. The molecule has 0 aliphatic heterocycles. The van der Waals surface area contributed by atoms with Crippen LogP contribution in [0.3, 0.4) is 0 Å². The van der Waals surface area contributed by atoms with Crippen LogP contribution in [0, 0.1) is 0 Å². The van der Waals surface area contributed by atoms with Gasteiger partial charge in [0.2, 0.25) is 7.14 Å². The third kappa shape index (κ3) is 10.00. The molecule has 0 saturated heterocycles. The quantitative estimate of drug-likeness (QED) is 0.0922. The minimum atomic E-state index is -4.05. The van der Waals surface area contributed by atoms with Gasteiger partial charge < -0.3 is 4.57 Å². The minimum absolute atomic E-state index is 0.293. The minimum Gasteiger partial charge on any atom is -0.304 e. The Balaban J connectivity index is 0.988. The highest BCUT2D eigenvalue weighted by Gasteiger charge is 2.36. The fraction of sp³-hybridized carbons (Fsp3) is 0. The first-order valence-corrected chi connectivity index (χ1v) is 26.9. The summed E-state index contributed by atoms with van der Waals surface area (Å²) < 4.78 is 16.9. The molecule has 0 radical (unpaired) electrons. The fourth-order valence-electron chi connectivity index (χ4n) is 9.35. The summed E-state index contributed by atoms with van der Waals surface area (Å²) in [6, 6.07) is 95.1. The lowest BCUT2D eigenvalue weighted by molar-refractivity contribution is 0.591. The number of para-hydroxylation sites is 6. The second kappa shape index (κ2) is 21.7. The summed E-state index contributed by atoms with van der Waals surface area (Å²) in [7, 11) is -4.05. The maximum Gasteiger partial charge on any atom is 0.223 e. The van der Waals surface area contributed by atoms with E-state index in [0.717, 1.165) is 34.1 Å². The molecular formula is C66H48N9OP. The maximum atomic E-state index is 16.9. The second-order valence-corrected chi connectivity index (χ2v) is 20.5. The number of aromatic nitrogens is 6. The van der Waals surface area contributed by atoms with Crippen molar-refractivity contribution in [2.45, 2.75) is 0 Å². The van der Waals surface area contributed by atoms with E-state index in [2.05, 4.69) is 87.5 Å². The van der Waals surface area contributed by atoms with Gasteiger partial charge in [-0.2, -0.15) is 0 Å². The molecular weight excluding hydrogens is 966 g/mol. The first kappa shape index (κ1) is 47.8. The summed E-state index contributed by atoms with van der Waals surface area (Å²) in [6.07, 6.45) is 0. The number of benzene rings is 6. The highest BCUT2D eigenvalue weighted by Crippen LogP contribution is 2.43. The molecule has 77 heavy (non-hydrogen) atoms. The van der Waals surface area contributed by atoms with Crippen LogP contribution in [0.15, 0.2) is 291 Å². The van der Waals surface area contributed by atoms with Crippen molar-refractivity contribution < 1.29 is 4.57 Å². The molecule has 0 N–H and O–H groups in total. The Morgan fingerprint density at radius 1 is 0.208 bits per heavy atom. The van der Waals surface area contributed by atoms with E-state index in [1.807, 2.05) is 200 Å². The molecule has 0 saturated carbocycles. The van der Waals surface area contributed by atoms with Gasteiger partial charge in [0, 0.05) is 34.1 Å². The van der Waals surface area contributed by atoms with Crippen LogP contribution in [-0.2, 0) is 4.57 Å². The summed E-state index contributed by atoms with van der Waals surface area (Å²) in [5.41, 5.74) is 9.98. The summed E-state index contributed by atoms with van der Waals surface area (Å²) in [5, 5.41) is 0. The van der Waals surface area contributed by atoms with Gasteiger partial charge in [-0.05, 0) is 146 Å². The van der Waals surface area contributed by atoms with Crippen LogP contribution in [0.2, 0.25) is 0 Å². The van der Waals surface area contributed by atoms with E-state index in [0.29, 0.717) is 67.9 Å². The Labute approximate surface area is 447 Å². The van der Waals surface area contributed by atoms with E-state index in [-0.39, 0.29) is 0 Å². The van der Waals surface area contributed by atoms with E-state index in [1.54, 1.807) is 18.2 Å². The van der Waals surface area contributed by atoms with Crippen LogP contribution in [0.5, 0.6) is 0 Å². The van der Waals surface area contributed by atoms with Gasteiger partial charge in [-0.25, -0.2) is 29.9 Å². The summed E-state index contributed by atoms with van der Waals surface area (Å²) >= 11 is 0. The first-order valence-electron chi connectivity index (χ1n) is 25.2. The van der Waals surface area contributed by atoms with Crippen molar-refractivity contribution in [3.05, 3.63) is 291 Å². The zero-order valence-electron chi connectivity index (χ0n) is 41.6. The van der Waals surface area contributed by atoms with Crippen LogP contribution in [-0.4, -0.2) is 29.9 Å². The van der Waals surface area contributed by atoms with Gasteiger partial charge in [0.25, 0.3) is 0 Å². The molecule has 0 spiro atoms. The van der Waals surface area contributed by atoms with Crippen molar-refractivity contribution in [3.8, 4) is 34.2 Å². The average molecular weight is 1010 g/mol. The molecule has 0 amide bonds. The van der Waals surface area contributed by atoms with Crippen molar-refractivity contribution >= 4 is 75.0 Å². The fourth-order valence-corrected chi connectivity index (χ4v) is 11.7. The Hall–Kier alpha value is -10.2. The highest BCUT2D eigenvalue weighted by atomic mass is 31.2. The van der Waals surface area contributed by atoms with Crippen molar-refractivity contribution in [2.24, 2.45) is 0 Å². The van der Waals surface area contributed by atoms with Gasteiger partial charge in [0.1, 0.15) is 33.8 Å². The number of anilines is 9. The van der Waals surface area contributed by atoms with Gasteiger partial charge in [0.15, 0.2) is 0 Å². The average Bonchev–Trinajstić information content (AvgIpc) is 3.53. The molecule has 0 bridgehead atoms. The molecule has 12 rings (SSSR count). The highest BCUT2D eigenvalue weighted by molar-refractivity contribution is 7.84. The SMILES string of the molecule is O=P(c1cccc(-c2cccc(N(c3ccccc3)c3ccccc3)n2)n1)(c1cccc(-c2cccc(N(c3ccccc3)c3ccccc3)n2)n1)c1cccc(-c2cccc(N(c3ccccc3)c3ccccc3)n2)n1. The van der Waals surface area contributed by atoms with Gasteiger partial charge >= 0.3 is 0 Å². The van der Waals surface area contributed by atoms with E-state index in [1.165, 1.54) is 0 Å². The largest absolute Gasteiger partial charge is 0.304 e. The van der Waals surface area contributed by atoms with E-state index in [9.17, 15) is 0 Å². The molecule has 11 heteroatoms. The smallest absolute Gasteiger partial charge is 0.223 e. The zero-order chi connectivity index (χ0) is 51.8. The number of nitrogens with zero attached hydrogens (tertiary/aromatic N) is 9. The molecule has 0 fully saturated rings. The lowest BCUT2D eigenvalue weighted by atomic mass is 10.2. The first-order chi connectivity index (χ1) is 38.1. The molecule has 0 aliphatic carbocycles. The Morgan fingerprint density at radius 3 is 0.623 bits per heavy atom. The lowest BCUT2D eigenvalue weighted by Gasteiger charge is -2.25. The Bertz CT molecular complexity index is 3460. The van der Waals surface area contributed by atoms with Gasteiger partial charge in [-0.3, -0.25) is 14.7 Å². The van der Waals surface area contributed by atoms with Crippen LogP contribution in [0.4, 0.5) is 51.6 Å². The predicted octanol–water partition coefficient (Wildman–Crippen LogP) is 15.1. The molecule has 0 unspecified atom stereocenters. The third-order valence-corrected chi connectivity index (χ3v) is 15.6. The standard InChI is InChI=1S/C66H48N9OP/c76-77(64-46-22-40-58(70-64)55-37-19-43-61(67-55)73(49-25-7-1-8-26-49)50-27-9-2-10-28-50,65-47-23-41-59(71-65)56-38-20-44-62(68-56)74(51-29-11-3-12-30-51)52-31-13-4-14-32-52)66-48-24-42-60(72-66)57-39-21-45-63(69-57)75(53-33-15-5-16-34-53)54-35-17-6-18-36-54/h1-48H. The van der Waals surface area contributed by atoms with E-state index in [4.69, 9.17) is 29.9 Å². The number of rotatable bonds is 15. The number of hydrogen-bond acceptors (Lipinski definition) is 10. The van der Waals surface area contributed by atoms with Crippen molar-refractivity contribution in [1.82, 2.24) is 29.9 Å². The van der Waals surface area contributed by atoms with Crippen LogP contribution >= 0.6 is 7.14 Å². The predicted molar refractivity (Wildman–Crippen MR) is 313 cm³/mol. The van der Waals surface area contributed by atoms with Gasteiger partial charge in [-0.1, -0.05) is 146 Å². The molecule has 6 aromatic heterocycles. The van der Waals surface area contributed by atoms with Crippen molar-refractivity contribution in [2.75, 3.05) is 14.7 Å². The van der Waals surface area contributed by atoms with Crippen LogP contribution < -0.4 is 31.0 Å². The topological polar surface area (TPSA) is 104 Å². The molecule has 12 aromatic rings. The Morgan fingerprint density at radius 2 is 0.403 bits per heavy atom. The van der Waals surface area contributed by atoms with Gasteiger partial charge in [0.05, 0.1) is 34.2 Å². The van der Waals surface area contributed by atoms with Gasteiger partial charge in [-0.15, -0.1) is 0 Å². The second-order valence-electron chi connectivity index (χ2n) is 17.9. The number of pyridine rings is 6. The van der Waals surface area contributed by atoms with Crippen LogP contribution in [0.25, 0.3) is 34.2 Å². The normalized spacial score (nSPS) is 11.2. The third-order valence-electron chi connectivity index (χ3n) is 12.9. The van der Waals surface area contributed by atoms with Crippen molar-refractivity contribution in [1.29, 1.82) is 0 Å².